The van der Waals surface area contributed by atoms with Crippen molar-refractivity contribution in [2.45, 2.75) is 32.7 Å². The highest BCUT2D eigenvalue weighted by atomic mass is 16.5. The van der Waals surface area contributed by atoms with Gasteiger partial charge in [-0.05, 0) is 35.2 Å². The molecule has 4 nitrogen and oxygen atoms in total. The van der Waals surface area contributed by atoms with E-state index >= 15 is 0 Å². The van der Waals surface area contributed by atoms with Gasteiger partial charge in [-0.15, -0.1) is 0 Å². The van der Waals surface area contributed by atoms with Gasteiger partial charge < -0.3 is 15.4 Å². The number of amides is 1. The van der Waals surface area contributed by atoms with Crippen LogP contribution in [0.4, 0.5) is 5.69 Å². The zero-order valence-electron chi connectivity index (χ0n) is 14.6. The van der Waals surface area contributed by atoms with Crippen molar-refractivity contribution in [3.8, 4) is 5.75 Å². The van der Waals surface area contributed by atoms with Crippen LogP contribution in [0.5, 0.6) is 5.75 Å². The number of benzene rings is 2. The minimum absolute atomic E-state index is 0.0327. The van der Waals surface area contributed by atoms with Crippen LogP contribution < -0.4 is 15.4 Å². The fourth-order valence-corrected chi connectivity index (χ4v) is 2.51. The zero-order chi connectivity index (χ0) is 17.4. The number of rotatable bonds is 8. The van der Waals surface area contributed by atoms with Crippen LogP contribution in [-0.2, 0) is 11.3 Å². The Hall–Kier alpha value is -2.33. The molecular formula is C20H26N2O2. The second-order valence-corrected chi connectivity index (χ2v) is 6.06. The lowest BCUT2D eigenvalue weighted by Crippen LogP contribution is -2.22. The lowest BCUT2D eigenvalue weighted by molar-refractivity contribution is -0.116. The van der Waals surface area contributed by atoms with Gasteiger partial charge in [0.15, 0.2) is 0 Å². The third-order valence-corrected chi connectivity index (χ3v) is 3.87. The summed E-state index contributed by atoms with van der Waals surface area (Å²) >= 11 is 0. The molecule has 0 atom stereocenters. The SMILES string of the molecule is COc1ccc(CNCCC(=O)Nc2ccccc2C(C)C)cc1. The maximum Gasteiger partial charge on any atom is 0.225 e. The molecule has 0 radical (unpaired) electrons. The highest BCUT2D eigenvalue weighted by Crippen LogP contribution is 2.23. The van der Waals surface area contributed by atoms with Gasteiger partial charge in [0, 0.05) is 25.2 Å². The Labute approximate surface area is 144 Å². The first-order valence-corrected chi connectivity index (χ1v) is 8.32. The maximum absolute atomic E-state index is 12.1. The first-order valence-electron chi connectivity index (χ1n) is 8.32. The Morgan fingerprint density at radius 3 is 2.46 bits per heavy atom. The lowest BCUT2D eigenvalue weighted by Gasteiger charge is -2.13. The van der Waals surface area contributed by atoms with E-state index in [4.69, 9.17) is 4.74 Å². The van der Waals surface area contributed by atoms with Gasteiger partial charge in [-0.2, -0.15) is 0 Å². The average molecular weight is 326 g/mol. The zero-order valence-corrected chi connectivity index (χ0v) is 14.6. The summed E-state index contributed by atoms with van der Waals surface area (Å²) < 4.78 is 5.14. The molecule has 0 saturated heterocycles. The van der Waals surface area contributed by atoms with Gasteiger partial charge in [0.05, 0.1) is 7.11 Å². The second kappa shape index (κ2) is 9.08. The molecular weight excluding hydrogens is 300 g/mol. The molecule has 0 spiro atoms. The van der Waals surface area contributed by atoms with Gasteiger partial charge in [0.25, 0.3) is 0 Å². The van der Waals surface area contributed by atoms with Crippen LogP contribution >= 0.6 is 0 Å². The minimum Gasteiger partial charge on any atom is -0.497 e. The summed E-state index contributed by atoms with van der Waals surface area (Å²) in [5.74, 6) is 1.27. The Kier molecular flexibility index (Phi) is 6.82. The van der Waals surface area contributed by atoms with Crippen molar-refractivity contribution in [3.05, 3.63) is 59.7 Å². The van der Waals surface area contributed by atoms with Gasteiger partial charge in [0.2, 0.25) is 5.91 Å². The smallest absolute Gasteiger partial charge is 0.225 e. The van der Waals surface area contributed by atoms with Gasteiger partial charge in [-0.1, -0.05) is 44.2 Å². The van der Waals surface area contributed by atoms with E-state index in [0.29, 0.717) is 18.9 Å². The van der Waals surface area contributed by atoms with Crippen molar-refractivity contribution in [2.75, 3.05) is 19.0 Å². The number of ether oxygens (including phenoxy) is 1. The summed E-state index contributed by atoms with van der Waals surface area (Å²) in [6.07, 6.45) is 0.447. The van der Waals surface area contributed by atoms with Crippen molar-refractivity contribution < 1.29 is 9.53 Å². The predicted molar refractivity (Wildman–Crippen MR) is 98.5 cm³/mol. The summed E-state index contributed by atoms with van der Waals surface area (Å²) in [6.45, 7) is 5.63. The molecule has 0 aromatic heterocycles. The van der Waals surface area contributed by atoms with Gasteiger partial charge in [-0.25, -0.2) is 0 Å². The third-order valence-electron chi connectivity index (χ3n) is 3.87. The van der Waals surface area contributed by atoms with Crippen LogP contribution in [0.3, 0.4) is 0 Å². The molecule has 24 heavy (non-hydrogen) atoms. The summed E-state index contributed by atoms with van der Waals surface area (Å²) in [7, 11) is 1.66. The minimum atomic E-state index is 0.0327. The number of methoxy groups -OCH3 is 1. The van der Waals surface area contributed by atoms with Crippen molar-refractivity contribution in [3.63, 3.8) is 0 Å². The first kappa shape index (κ1) is 18.0. The molecule has 1 amide bonds. The van der Waals surface area contributed by atoms with Crippen molar-refractivity contribution >= 4 is 11.6 Å². The molecule has 0 aliphatic rings. The lowest BCUT2D eigenvalue weighted by atomic mass is 10.0. The molecule has 0 aliphatic carbocycles. The van der Waals surface area contributed by atoms with Crippen LogP contribution in [-0.4, -0.2) is 19.6 Å². The van der Waals surface area contributed by atoms with Crippen molar-refractivity contribution in [1.29, 1.82) is 0 Å². The van der Waals surface area contributed by atoms with E-state index in [1.807, 2.05) is 42.5 Å². The fourth-order valence-electron chi connectivity index (χ4n) is 2.51. The van der Waals surface area contributed by atoms with E-state index in [2.05, 4.69) is 30.5 Å². The number of carbonyl (C=O) groups is 1. The summed E-state index contributed by atoms with van der Waals surface area (Å²) in [5, 5.41) is 6.30. The van der Waals surface area contributed by atoms with Gasteiger partial charge in [0.1, 0.15) is 5.75 Å². The third kappa shape index (κ3) is 5.39. The highest BCUT2D eigenvalue weighted by Gasteiger charge is 2.08. The van der Waals surface area contributed by atoms with E-state index < -0.39 is 0 Å². The molecule has 0 heterocycles. The quantitative estimate of drug-likeness (QED) is 0.723. The van der Waals surface area contributed by atoms with Crippen molar-refractivity contribution in [1.82, 2.24) is 5.32 Å². The van der Waals surface area contributed by atoms with Gasteiger partial charge in [-0.3, -0.25) is 4.79 Å². The monoisotopic (exact) mass is 326 g/mol. The number of hydrogen-bond donors (Lipinski definition) is 2. The molecule has 0 fully saturated rings. The number of carbonyl (C=O) groups excluding carboxylic acids is 1. The normalized spacial score (nSPS) is 10.7. The van der Waals surface area contributed by atoms with Crippen LogP contribution in [0.15, 0.2) is 48.5 Å². The molecule has 0 unspecified atom stereocenters. The predicted octanol–water partition coefficient (Wildman–Crippen LogP) is 3.94. The Bertz CT molecular complexity index is 651. The van der Waals surface area contributed by atoms with Crippen LogP contribution in [0, 0.1) is 0 Å². The summed E-state index contributed by atoms with van der Waals surface area (Å²) in [6, 6.07) is 15.9. The second-order valence-electron chi connectivity index (χ2n) is 6.06. The standard InChI is InChI=1S/C20H26N2O2/c1-15(2)18-6-4-5-7-19(18)22-20(23)12-13-21-14-16-8-10-17(24-3)11-9-16/h4-11,15,21H,12-14H2,1-3H3,(H,22,23). The topological polar surface area (TPSA) is 50.4 Å². The summed E-state index contributed by atoms with van der Waals surface area (Å²) in [4.78, 5) is 12.1. The molecule has 0 aliphatic heterocycles. The van der Waals surface area contributed by atoms with E-state index in [1.165, 1.54) is 5.56 Å². The molecule has 4 heteroatoms. The van der Waals surface area contributed by atoms with Crippen molar-refractivity contribution in [2.24, 2.45) is 0 Å². The first-order chi connectivity index (χ1) is 11.6. The summed E-state index contributed by atoms with van der Waals surface area (Å²) in [5.41, 5.74) is 3.24. The molecule has 128 valence electrons. The number of para-hydroxylation sites is 1. The molecule has 2 aromatic rings. The largest absolute Gasteiger partial charge is 0.497 e. The van der Waals surface area contributed by atoms with Crippen LogP contribution in [0.2, 0.25) is 0 Å². The molecule has 0 saturated carbocycles. The fraction of sp³-hybridized carbons (Fsp3) is 0.350. The molecule has 2 N–H and O–H groups in total. The van der Waals surface area contributed by atoms with Crippen LogP contribution in [0.25, 0.3) is 0 Å². The Balaban J connectivity index is 1.75. The molecule has 0 bridgehead atoms. The average Bonchev–Trinajstić information content (AvgIpc) is 2.59. The maximum atomic E-state index is 12.1. The van der Waals surface area contributed by atoms with Gasteiger partial charge >= 0.3 is 0 Å². The number of anilines is 1. The van der Waals surface area contributed by atoms with E-state index in [0.717, 1.165) is 23.5 Å². The molecule has 2 aromatic carbocycles. The van der Waals surface area contributed by atoms with Crippen LogP contribution in [0.1, 0.15) is 37.3 Å². The Morgan fingerprint density at radius 2 is 1.79 bits per heavy atom. The number of nitrogens with one attached hydrogen (secondary N) is 2. The molecule has 2 rings (SSSR count). The van der Waals surface area contributed by atoms with E-state index in [1.54, 1.807) is 7.11 Å². The van der Waals surface area contributed by atoms with E-state index in [-0.39, 0.29) is 5.91 Å². The number of hydrogen-bond acceptors (Lipinski definition) is 3. The Morgan fingerprint density at radius 1 is 1.08 bits per heavy atom. The highest BCUT2D eigenvalue weighted by molar-refractivity contribution is 5.91. The van der Waals surface area contributed by atoms with E-state index in [9.17, 15) is 4.79 Å².